The first-order valence-electron chi connectivity index (χ1n) is 7.95. The molecule has 1 saturated heterocycles. The lowest BCUT2D eigenvalue weighted by atomic mass is 10.1. The van der Waals surface area contributed by atoms with E-state index in [-0.39, 0.29) is 5.82 Å². The standard InChI is InChI=1S/C16H23FN4O/c17-14-12-13(16-19-4-1-5-20-16)2-3-15(14)18-6-7-21-8-10-22-11-9-21/h2-3,12,18H,1,4-11H2,(H,19,20). The first-order chi connectivity index (χ1) is 10.8. The molecule has 0 aromatic heterocycles. The van der Waals surface area contributed by atoms with E-state index in [2.05, 4.69) is 20.5 Å². The average Bonchev–Trinajstić information content (AvgIpc) is 2.58. The van der Waals surface area contributed by atoms with E-state index in [4.69, 9.17) is 4.74 Å². The third-order valence-corrected chi connectivity index (χ3v) is 3.99. The number of hydrogen-bond donors (Lipinski definition) is 2. The highest BCUT2D eigenvalue weighted by Crippen LogP contribution is 2.16. The molecular weight excluding hydrogens is 283 g/mol. The molecule has 6 heteroatoms. The van der Waals surface area contributed by atoms with Crippen molar-refractivity contribution >= 4 is 11.5 Å². The van der Waals surface area contributed by atoms with Crippen LogP contribution in [0.15, 0.2) is 23.2 Å². The molecule has 0 aliphatic carbocycles. The van der Waals surface area contributed by atoms with E-state index in [1.54, 1.807) is 12.1 Å². The summed E-state index contributed by atoms with van der Waals surface area (Å²) >= 11 is 0. The number of amidine groups is 1. The molecule has 2 aliphatic rings. The summed E-state index contributed by atoms with van der Waals surface area (Å²) in [6.45, 7) is 6.83. The predicted octanol–water partition coefficient (Wildman–Crippen LogP) is 1.31. The van der Waals surface area contributed by atoms with Gasteiger partial charge < -0.3 is 15.4 Å². The zero-order valence-corrected chi connectivity index (χ0v) is 12.8. The number of nitrogens with zero attached hydrogens (tertiary/aromatic N) is 2. The monoisotopic (exact) mass is 306 g/mol. The van der Waals surface area contributed by atoms with E-state index in [1.807, 2.05) is 6.07 Å². The van der Waals surface area contributed by atoms with Crippen LogP contribution in [-0.4, -0.2) is 63.2 Å². The van der Waals surface area contributed by atoms with Crippen molar-refractivity contribution < 1.29 is 9.13 Å². The van der Waals surface area contributed by atoms with Gasteiger partial charge in [0.15, 0.2) is 0 Å². The molecule has 120 valence electrons. The number of aliphatic imine (C=N–C) groups is 1. The zero-order valence-electron chi connectivity index (χ0n) is 12.8. The minimum Gasteiger partial charge on any atom is -0.381 e. The Balaban J connectivity index is 1.54. The van der Waals surface area contributed by atoms with Gasteiger partial charge in [-0.15, -0.1) is 0 Å². The minimum atomic E-state index is -0.227. The minimum absolute atomic E-state index is 0.227. The second-order valence-electron chi connectivity index (χ2n) is 5.59. The third-order valence-electron chi connectivity index (χ3n) is 3.99. The summed E-state index contributed by atoms with van der Waals surface area (Å²) < 4.78 is 19.5. The normalized spacial score (nSPS) is 19.4. The van der Waals surface area contributed by atoms with Crippen LogP contribution in [0.4, 0.5) is 10.1 Å². The molecule has 0 spiro atoms. The molecule has 2 aliphatic heterocycles. The number of ether oxygens (including phenoxy) is 1. The van der Waals surface area contributed by atoms with Crippen LogP contribution < -0.4 is 10.6 Å². The fraction of sp³-hybridized carbons (Fsp3) is 0.562. The molecule has 22 heavy (non-hydrogen) atoms. The van der Waals surface area contributed by atoms with Crippen molar-refractivity contribution in [2.75, 3.05) is 57.8 Å². The average molecular weight is 306 g/mol. The van der Waals surface area contributed by atoms with Crippen LogP contribution in [-0.2, 0) is 4.74 Å². The van der Waals surface area contributed by atoms with Crippen molar-refractivity contribution in [3.05, 3.63) is 29.6 Å². The Morgan fingerprint density at radius 1 is 1.32 bits per heavy atom. The molecule has 0 bridgehead atoms. The Hall–Kier alpha value is -1.66. The molecule has 0 unspecified atom stereocenters. The summed E-state index contributed by atoms with van der Waals surface area (Å²) in [7, 11) is 0. The van der Waals surface area contributed by atoms with Crippen molar-refractivity contribution in [2.45, 2.75) is 6.42 Å². The van der Waals surface area contributed by atoms with Crippen LogP contribution >= 0.6 is 0 Å². The van der Waals surface area contributed by atoms with Crippen molar-refractivity contribution in [2.24, 2.45) is 4.99 Å². The van der Waals surface area contributed by atoms with Gasteiger partial charge in [0, 0.05) is 44.8 Å². The van der Waals surface area contributed by atoms with Crippen molar-refractivity contribution in [3.63, 3.8) is 0 Å². The van der Waals surface area contributed by atoms with Crippen LogP contribution in [0.3, 0.4) is 0 Å². The van der Waals surface area contributed by atoms with Gasteiger partial charge in [0.25, 0.3) is 0 Å². The highest BCUT2D eigenvalue weighted by Gasteiger charge is 2.12. The fourth-order valence-corrected chi connectivity index (χ4v) is 2.71. The molecule has 1 aromatic carbocycles. The molecule has 0 amide bonds. The van der Waals surface area contributed by atoms with E-state index in [1.165, 1.54) is 0 Å². The molecular formula is C16H23FN4O. The summed E-state index contributed by atoms with van der Waals surface area (Å²) in [4.78, 5) is 6.72. The topological polar surface area (TPSA) is 48.9 Å². The zero-order chi connectivity index (χ0) is 15.2. The molecule has 5 nitrogen and oxygen atoms in total. The number of morpholine rings is 1. The number of benzene rings is 1. The number of nitrogens with one attached hydrogen (secondary N) is 2. The maximum atomic E-state index is 14.2. The van der Waals surface area contributed by atoms with Gasteiger partial charge in [0.2, 0.25) is 0 Å². The van der Waals surface area contributed by atoms with Gasteiger partial charge >= 0.3 is 0 Å². The second-order valence-corrected chi connectivity index (χ2v) is 5.59. The predicted molar refractivity (Wildman–Crippen MR) is 86.2 cm³/mol. The summed E-state index contributed by atoms with van der Waals surface area (Å²) in [5.41, 5.74) is 1.37. The van der Waals surface area contributed by atoms with Gasteiger partial charge in [-0.3, -0.25) is 9.89 Å². The lowest BCUT2D eigenvalue weighted by Crippen LogP contribution is -2.39. The van der Waals surface area contributed by atoms with E-state index >= 15 is 0 Å². The lowest BCUT2D eigenvalue weighted by molar-refractivity contribution is 0.0398. The Morgan fingerprint density at radius 2 is 2.18 bits per heavy atom. The molecule has 2 heterocycles. The summed E-state index contributed by atoms with van der Waals surface area (Å²) in [5, 5.41) is 6.39. The number of hydrogen-bond acceptors (Lipinski definition) is 5. The number of anilines is 1. The molecule has 0 atom stereocenters. The van der Waals surface area contributed by atoms with Crippen LogP contribution in [0.25, 0.3) is 0 Å². The third kappa shape index (κ3) is 3.96. The lowest BCUT2D eigenvalue weighted by Gasteiger charge is -2.26. The first kappa shape index (κ1) is 15.2. The van der Waals surface area contributed by atoms with Gasteiger partial charge in [-0.2, -0.15) is 0 Å². The highest BCUT2D eigenvalue weighted by atomic mass is 19.1. The molecule has 1 aromatic rings. The quantitative estimate of drug-likeness (QED) is 0.861. The van der Waals surface area contributed by atoms with Crippen molar-refractivity contribution in [1.82, 2.24) is 10.2 Å². The number of halogens is 1. The Bertz CT molecular complexity index is 529. The molecule has 1 fully saturated rings. The van der Waals surface area contributed by atoms with Crippen LogP contribution in [0, 0.1) is 5.82 Å². The fourth-order valence-electron chi connectivity index (χ4n) is 2.71. The van der Waals surface area contributed by atoms with E-state index in [0.717, 1.165) is 70.3 Å². The first-order valence-corrected chi connectivity index (χ1v) is 7.95. The SMILES string of the molecule is Fc1cc(C2=NCCCN2)ccc1NCCN1CCOCC1. The maximum Gasteiger partial charge on any atom is 0.147 e. The van der Waals surface area contributed by atoms with Crippen LogP contribution in [0.1, 0.15) is 12.0 Å². The molecule has 0 saturated carbocycles. The summed E-state index contributed by atoms with van der Waals surface area (Å²) in [6, 6.07) is 5.26. The van der Waals surface area contributed by atoms with Gasteiger partial charge in [-0.05, 0) is 24.6 Å². The van der Waals surface area contributed by atoms with E-state index < -0.39 is 0 Å². The van der Waals surface area contributed by atoms with Gasteiger partial charge in [0.1, 0.15) is 11.7 Å². The summed E-state index contributed by atoms with van der Waals surface area (Å²) in [5.74, 6) is 0.569. The van der Waals surface area contributed by atoms with Gasteiger partial charge in [0.05, 0.1) is 18.9 Å². The van der Waals surface area contributed by atoms with Gasteiger partial charge in [-0.25, -0.2) is 4.39 Å². The largest absolute Gasteiger partial charge is 0.381 e. The molecule has 2 N–H and O–H groups in total. The second kappa shape index (κ2) is 7.56. The molecule has 3 rings (SSSR count). The Kier molecular flexibility index (Phi) is 5.24. The van der Waals surface area contributed by atoms with Gasteiger partial charge in [-0.1, -0.05) is 0 Å². The van der Waals surface area contributed by atoms with Crippen LogP contribution in [0.5, 0.6) is 0 Å². The smallest absolute Gasteiger partial charge is 0.147 e. The number of rotatable bonds is 5. The van der Waals surface area contributed by atoms with Crippen LogP contribution in [0.2, 0.25) is 0 Å². The highest BCUT2D eigenvalue weighted by molar-refractivity contribution is 5.99. The van der Waals surface area contributed by atoms with E-state index in [0.29, 0.717) is 5.69 Å². The van der Waals surface area contributed by atoms with E-state index in [9.17, 15) is 4.39 Å². The Labute approximate surface area is 130 Å². The summed E-state index contributed by atoms with van der Waals surface area (Å²) in [6.07, 6.45) is 1.03. The van der Waals surface area contributed by atoms with Crippen molar-refractivity contribution in [1.29, 1.82) is 0 Å². The maximum absolute atomic E-state index is 14.2. The Morgan fingerprint density at radius 3 is 2.91 bits per heavy atom. The van der Waals surface area contributed by atoms with Crippen molar-refractivity contribution in [3.8, 4) is 0 Å². The molecule has 0 radical (unpaired) electrons.